The first kappa shape index (κ1) is 12.8. The van der Waals surface area contributed by atoms with Gasteiger partial charge in [0, 0.05) is 16.8 Å². The number of amides is 1. The van der Waals surface area contributed by atoms with Crippen LogP contribution in [0.5, 0.6) is 0 Å². The number of nitrogens with zero attached hydrogens (tertiary/aromatic N) is 4. The Kier molecular flexibility index (Phi) is 3.90. The van der Waals surface area contributed by atoms with Gasteiger partial charge in [-0.1, -0.05) is 0 Å². The lowest BCUT2D eigenvalue weighted by molar-refractivity contribution is 0.0636. The molecule has 0 aliphatic heterocycles. The average Bonchev–Trinajstić information content (AvgIpc) is 2.15. The number of aromatic nitrogens is 1. The molecule has 0 aromatic carbocycles. The molecule has 17 heavy (non-hydrogen) atoms. The molecular weight excluding hydrogens is 222 g/mol. The molecule has 1 aromatic heterocycles. The molecule has 1 aromatic rings. The van der Waals surface area contributed by atoms with Crippen molar-refractivity contribution in [2.45, 2.75) is 26.4 Å². The lowest BCUT2D eigenvalue weighted by atomic mass is 10.2. The van der Waals surface area contributed by atoms with Crippen molar-refractivity contribution in [3.05, 3.63) is 28.8 Å². The van der Waals surface area contributed by atoms with Gasteiger partial charge in [0.25, 0.3) is 0 Å². The molecule has 1 N–H and O–H groups in total. The molecule has 0 aliphatic rings. The van der Waals surface area contributed by atoms with Crippen molar-refractivity contribution in [3.8, 4) is 0 Å². The summed E-state index contributed by atoms with van der Waals surface area (Å²) in [6, 6.07) is 3.02. The highest BCUT2D eigenvalue weighted by Crippen LogP contribution is 2.16. The van der Waals surface area contributed by atoms with Crippen LogP contribution in [-0.4, -0.2) is 16.7 Å². The van der Waals surface area contributed by atoms with Crippen LogP contribution in [0.3, 0.4) is 0 Å². The third kappa shape index (κ3) is 4.85. The highest BCUT2D eigenvalue weighted by Gasteiger charge is 2.16. The molecule has 1 heterocycles. The van der Waals surface area contributed by atoms with Gasteiger partial charge in [-0.3, -0.25) is 10.3 Å². The van der Waals surface area contributed by atoms with E-state index in [0.717, 1.165) is 0 Å². The molecule has 0 saturated carbocycles. The maximum absolute atomic E-state index is 11.4. The Morgan fingerprint density at radius 3 is 2.88 bits per heavy atom. The number of azide groups is 1. The molecular formula is C10H13N5O2. The predicted molar refractivity (Wildman–Crippen MR) is 62.9 cm³/mol. The van der Waals surface area contributed by atoms with E-state index in [-0.39, 0.29) is 5.82 Å². The molecule has 0 fully saturated rings. The summed E-state index contributed by atoms with van der Waals surface area (Å²) in [6.07, 6.45) is 0.854. The molecule has 0 bridgehead atoms. The van der Waals surface area contributed by atoms with Crippen LogP contribution in [0.15, 0.2) is 23.4 Å². The highest BCUT2D eigenvalue weighted by molar-refractivity contribution is 5.85. The quantitative estimate of drug-likeness (QED) is 0.483. The Morgan fingerprint density at radius 1 is 1.59 bits per heavy atom. The van der Waals surface area contributed by atoms with Gasteiger partial charge in [0.1, 0.15) is 11.4 Å². The first-order valence-electron chi connectivity index (χ1n) is 4.92. The summed E-state index contributed by atoms with van der Waals surface area (Å²) in [7, 11) is 0. The number of rotatable bonds is 2. The maximum atomic E-state index is 11.4. The van der Waals surface area contributed by atoms with Gasteiger partial charge in [0.2, 0.25) is 0 Å². The summed E-state index contributed by atoms with van der Waals surface area (Å²) in [5, 5.41) is 5.84. The topological polar surface area (TPSA) is 100.0 Å². The second kappa shape index (κ2) is 5.18. The number of ether oxygens (including phenoxy) is 1. The molecule has 7 heteroatoms. The lowest BCUT2D eigenvalue weighted by Gasteiger charge is -2.19. The largest absolute Gasteiger partial charge is 0.444 e. The lowest BCUT2D eigenvalue weighted by Crippen LogP contribution is -2.27. The molecule has 0 aliphatic carbocycles. The Bertz CT molecular complexity index is 460. The molecule has 90 valence electrons. The van der Waals surface area contributed by atoms with Crippen LogP contribution >= 0.6 is 0 Å². The minimum Gasteiger partial charge on any atom is -0.444 e. The van der Waals surface area contributed by atoms with Gasteiger partial charge < -0.3 is 4.74 Å². The Balaban J connectivity index is 2.72. The van der Waals surface area contributed by atoms with Crippen LogP contribution in [0.4, 0.5) is 16.3 Å². The predicted octanol–water partition coefficient (Wildman–Crippen LogP) is 3.37. The molecule has 0 unspecified atom stereocenters. The van der Waals surface area contributed by atoms with E-state index in [1.54, 1.807) is 26.8 Å². The fourth-order valence-corrected chi connectivity index (χ4v) is 1.02. The van der Waals surface area contributed by atoms with Crippen LogP contribution in [0.25, 0.3) is 10.4 Å². The van der Waals surface area contributed by atoms with E-state index >= 15 is 0 Å². The van der Waals surface area contributed by atoms with E-state index < -0.39 is 11.7 Å². The molecule has 0 saturated heterocycles. The zero-order valence-corrected chi connectivity index (χ0v) is 9.84. The minimum absolute atomic E-state index is 0.182. The van der Waals surface area contributed by atoms with Gasteiger partial charge in [0.15, 0.2) is 0 Å². The monoisotopic (exact) mass is 235 g/mol. The standard InChI is InChI=1S/C10H13N5O2/c1-10(2,3)17-9(16)13-7-4-5-12-8(6-7)14-15-11/h4-6H,1-3H3,(H,12,13,16). The van der Waals surface area contributed by atoms with Crippen molar-refractivity contribution in [3.63, 3.8) is 0 Å². The van der Waals surface area contributed by atoms with E-state index in [0.29, 0.717) is 5.69 Å². The summed E-state index contributed by atoms with van der Waals surface area (Å²) >= 11 is 0. The van der Waals surface area contributed by atoms with Crippen molar-refractivity contribution in [1.29, 1.82) is 0 Å². The molecule has 0 atom stereocenters. The second-order valence-corrected chi connectivity index (χ2v) is 4.22. The number of anilines is 1. The fourth-order valence-electron chi connectivity index (χ4n) is 1.02. The zero-order chi connectivity index (χ0) is 12.9. The maximum Gasteiger partial charge on any atom is 0.412 e. The van der Waals surface area contributed by atoms with Gasteiger partial charge in [-0.15, -0.1) is 0 Å². The van der Waals surface area contributed by atoms with E-state index in [9.17, 15) is 4.79 Å². The van der Waals surface area contributed by atoms with Gasteiger partial charge >= 0.3 is 6.09 Å². The molecule has 7 nitrogen and oxygen atoms in total. The molecule has 0 spiro atoms. The van der Waals surface area contributed by atoms with Crippen molar-refractivity contribution in [1.82, 2.24) is 4.98 Å². The summed E-state index contributed by atoms with van der Waals surface area (Å²) in [6.45, 7) is 5.31. The van der Waals surface area contributed by atoms with Crippen molar-refractivity contribution < 1.29 is 9.53 Å². The summed E-state index contributed by atoms with van der Waals surface area (Å²) in [5.74, 6) is 0.182. The smallest absolute Gasteiger partial charge is 0.412 e. The molecule has 1 amide bonds. The third-order valence-electron chi connectivity index (χ3n) is 1.54. The van der Waals surface area contributed by atoms with E-state index in [1.165, 1.54) is 12.3 Å². The number of hydrogen-bond acceptors (Lipinski definition) is 4. The van der Waals surface area contributed by atoms with Gasteiger partial charge in [-0.2, -0.15) is 0 Å². The van der Waals surface area contributed by atoms with Crippen LogP contribution < -0.4 is 5.32 Å². The Labute approximate surface area is 98.4 Å². The first-order valence-corrected chi connectivity index (χ1v) is 4.92. The second-order valence-electron chi connectivity index (χ2n) is 4.22. The summed E-state index contributed by atoms with van der Waals surface area (Å²) in [4.78, 5) is 17.8. The zero-order valence-electron chi connectivity index (χ0n) is 9.84. The number of pyridine rings is 1. The Hall–Kier alpha value is -2.27. The minimum atomic E-state index is -0.574. The van der Waals surface area contributed by atoms with Crippen LogP contribution in [0.1, 0.15) is 20.8 Å². The Morgan fingerprint density at radius 2 is 2.29 bits per heavy atom. The van der Waals surface area contributed by atoms with Crippen molar-refractivity contribution >= 4 is 17.6 Å². The molecule has 0 radical (unpaired) electrons. The normalized spacial score (nSPS) is 10.3. The number of hydrogen-bond donors (Lipinski definition) is 1. The highest BCUT2D eigenvalue weighted by atomic mass is 16.6. The number of carbonyl (C=O) groups is 1. The van der Waals surface area contributed by atoms with Crippen molar-refractivity contribution in [2.75, 3.05) is 5.32 Å². The third-order valence-corrected chi connectivity index (χ3v) is 1.54. The van der Waals surface area contributed by atoms with Crippen LogP contribution in [-0.2, 0) is 4.74 Å². The number of carbonyl (C=O) groups excluding carboxylic acids is 1. The van der Waals surface area contributed by atoms with E-state index in [1.807, 2.05) is 0 Å². The van der Waals surface area contributed by atoms with E-state index in [4.69, 9.17) is 10.3 Å². The molecule has 1 rings (SSSR count). The van der Waals surface area contributed by atoms with Gasteiger partial charge in [-0.25, -0.2) is 4.79 Å². The van der Waals surface area contributed by atoms with Crippen molar-refractivity contribution in [2.24, 2.45) is 5.11 Å². The fraction of sp³-hybridized carbons (Fsp3) is 0.400. The van der Waals surface area contributed by atoms with Gasteiger partial charge in [-0.05, 0) is 43.5 Å². The van der Waals surface area contributed by atoms with Gasteiger partial charge in [0.05, 0.1) is 0 Å². The number of nitrogens with one attached hydrogen (secondary N) is 1. The van der Waals surface area contributed by atoms with Crippen LogP contribution in [0, 0.1) is 0 Å². The summed E-state index contributed by atoms with van der Waals surface area (Å²) in [5.41, 5.74) is 8.14. The SMILES string of the molecule is CC(C)(C)OC(=O)Nc1ccnc(N=[N+]=[N-])c1. The van der Waals surface area contributed by atoms with E-state index in [2.05, 4.69) is 20.3 Å². The summed E-state index contributed by atoms with van der Waals surface area (Å²) < 4.78 is 5.07. The first-order chi connectivity index (χ1) is 7.90. The van der Waals surface area contributed by atoms with Crippen LogP contribution in [0.2, 0.25) is 0 Å². The average molecular weight is 235 g/mol.